The predicted molar refractivity (Wildman–Crippen MR) is 113 cm³/mol. The van der Waals surface area contributed by atoms with E-state index >= 15 is 0 Å². The Morgan fingerprint density at radius 3 is 2.39 bits per heavy atom. The van der Waals surface area contributed by atoms with E-state index in [4.69, 9.17) is 4.74 Å². The Kier molecular flexibility index (Phi) is 7.05. The molecule has 0 saturated heterocycles. The van der Waals surface area contributed by atoms with Gasteiger partial charge < -0.3 is 15.4 Å². The monoisotopic (exact) mass is 413 g/mol. The number of aromatic nitrogens is 1. The lowest BCUT2D eigenvalue weighted by Gasteiger charge is -2.05. The van der Waals surface area contributed by atoms with E-state index in [1.54, 1.807) is 31.4 Å². The molecule has 0 radical (unpaired) electrons. The average Bonchev–Trinajstić information content (AvgIpc) is 3.15. The first-order valence-corrected chi connectivity index (χ1v) is 10.3. The average molecular weight is 414 g/mol. The number of carbonyl (C=O) groups is 2. The third-order valence-corrected chi connectivity index (χ3v) is 5.70. The van der Waals surface area contributed by atoms with E-state index < -0.39 is 0 Å². The number of carbonyl (C=O) groups excluding carboxylic acids is 2. The molecule has 0 aliphatic carbocycles. The molecule has 6 nitrogen and oxygen atoms in total. The van der Waals surface area contributed by atoms with E-state index in [0.717, 1.165) is 15.8 Å². The summed E-state index contributed by atoms with van der Waals surface area (Å²) < 4.78 is 5.85. The molecule has 0 unspecified atom stereocenters. The van der Waals surface area contributed by atoms with Gasteiger partial charge in [-0.05, 0) is 36.4 Å². The number of amides is 2. The van der Waals surface area contributed by atoms with Gasteiger partial charge in [-0.3, -0.25) is 9.59 Å². The summed E-state index contributed by atoms with van der Waals surface area (Å²) in [6.07, 6.45) is 0.198. The molecule has 2 aromatic carbocycles. The summed E-state index contributed by atoms with van der Waals surface area (Å²) in [5.41, 5.74) is 2.16. The van der Waals surface area contributed by atoms with Crippen LogP contribution in [-0.2, 0) is 16.0 Å². The first kappa shape index (κ1) is 19.9. The molecule has 0 aliphatic rings. The van der Waals surface area contributed by atoms with Crippen LogP contribution in [0.4, 0.5) is 11.4 Å². The van der Waals surface area contributed by atoms with Crippen LogP contribution in [-0.4, -0.2) is 29.7 Å². The summed E-state index contributed by atoms with van der Waals surface area (Å²) in [6, 6.07) is 16.4. The zero-order valence-corrected chi connectivity index (χ0v) is 16.8. The molecular formula is C20H19N3O3S2. The van der Waals surface area contributed by atoms with Gasteiger partial charge in [-0.15, -0.1) is 11.3 Å². The fourth-order valence-electron chi connectivity index (χ4n) is 2.33. The van der Waals surface area contributed by atoms with Gasteiger partial charge in [0.2, 0.25) is 11.8 Å². The molecule has 144 valence electrons. The van der Waals surface area contributed by atoms with E-state index in [2.05, 4.69) is 15.6 Å². The molecule has 1 aromatic heterocycles. The molecule has 3 aromatic rings. The summed E-state index contributed by atoms with van der Waals surface area (Å²) in [5.74, 6) is 0.743. The minimum atomic E-state index is -0.120. The summed E-state index contributed by atoms with van der Waals surface area (Å²) in [5, 5.41) is 7.50. The smallest absolute Gasteiger partial charge is 0.234 e. The van der Waals surface area contributed by atoms with Crippen molar-refractivity contribution in [3.63, 3.8) is 0 Å². The van der Waals surface area contributed by atoms with Gasteiger partial charge in [-0.2, -0.15) is 0 Å². The Morgan fingerprint density at radius 2 is 1.68 bits per heavy atom. The molecule has 8 heteroatoms. The van der Waals surface area contributed by atoms with Crippen molar-refractivity contribution >= 4 is 46.3 Å². The Labute approximate surface area is 171 Å². The molecule has 0 saturated carbocycles. The van der Waals surface area contributed by atoms with E-state index in [1.165, 1.54) is 23.1 Å². The van der Waals surface area contributed by atoms with Crippen LogP contribution in [0.2, 0.25) is 0 Å². The van der Waals surface area contributed by atoms with Crippen LogP contribution in [0, 0.1) is 0 Å². The van der Waals surface area contributed by atoms with E-state index in [-0.39, 0.29) is 24.0 Å². The van der Waals surface area contributed by atoms with Gasteiger partial charge >= 0.3 is 0 Å². The van der Waals surface area contributed by atoms with Crippen LogP contribution in [0.5, 0.6) is 5.75 Å². The molecule has 2 N–H and O–H groups in total. The van der Waals surface area contributed by atoms with Crippen molar-refractivity contribution in [2.75, 3.05) is 23.5 Å². The summed E-state index contributed by atoms with van der Waals surface area (Å²) in [4.78, 5) is 28.6. The van der Waals surface area contributed by atoms with Gasteiger partial charge in [0, 0.05) is 16.8 Å². The number of thiazole rings is 1. The topological polar surface area (TPSA) is 80.3 Å². The molecule has 2 amide bonds. The standard InChI is InChI=1S/C20H19N3O3S2/c1-26-17-9-7-15(8-10-17)22-19(25)13-28-20-23-16(12-27-20)11-18(24)21-14-5-3-2-4-6-14/h2-10,12H,11,13H2,1H3,(H,21,24)(H,22,25). The van der Waals surface area contributed by atoms with Gasteiger partial charge in [-0.25, -0.2) is 4.98 Å². The highest BCUT2D eigenvalue weighted by atomic mass is 32.2. The minimum absolute atomic E-state index is 0.117. The minimum Gasteiger partial charge on any atom is -0.497 e. The molecule has 1 heterocycles. The number of rotatable bonds is 8. The molecule has 28 heavy (non-hydrogen) atoms. The Morgan fingerprint density at radius 1 is 1.00 bits per heavy atom. The lowest BCUT2D eigenvalue weighted by atomic mass is 10.3. The van der Waals surface area contributed by atoms with Crippen LogP contribution in [0.15, 0.2) is 64.3 Å². The van der Waals surface area contributed by atoms with E-state index in [9.17, 15) is 9.59 Å². The highest BCUT2D eigenvalue weighted by molar-refractivity contribution is 8.01. The Balaban J connectivity index is 1.44. The second-order valence-electron chi connectivity index (χ2n) is 5.76. The van der Waals surface area contributed by atoms with Crippen LogP contribution in [0.25, 0.3) is 0 Å². The lowest BCUT2D eigenvalue weighted by Crippen LogP contribution is -2.14. The zero-order chi connectivity index (χ0) is 19.8. The Hall–Kier alpha value is -2.84. The predicted octanol–water partition coefficient (Wildman–Crippen LogP) is 4.06. The van der Waals surface area contributed by atoms with Crippen LogP contribution in [0.3, 0.4) is 0 Å². The number of anilines is 2. The fourth-order valence-corrected chi connectivity index (χ4v) is 3.97. The van der Waals surface area contributed by atoms with Crippen molar-refractivity contribution in [2.24, 2.45) is 0 Å². The second kappa shape index (κ2) is 9.91. The normalized spacial score (nSPS) is 10.3. The number of thioether (sulfide) groups is 1. The number of para-hydroxylation sites is 1. The van der Waals surface area contributed by atoms with Crippen molar-refractivity contribution < 1.29 is 14.3 Å². The molecular weight excluding hydrogens is 394 g/mol. The van der Waals surface area contributed by atoms with Crippen LogP contribution in [0.1, 0.15) is 5.69 Å². The van der Waals surface area contributed by atoms with Crippen molar-refractivity contribution in [1.82, 2.24) is 4.98 Å². The molecule has 3 rings (SSSR count). The number of ether oxygens (including phenoxy) is 1. The Bertz CT molecular complexity index is 927. The number of benzene rings is 2. The largest absolute Gasteiger partial charge is 0.497 e. The molecule has 0 fully saturated rings. The highest BCUT2D eigenvalue weighted by Gasteiger charge is 2.10. The molecule has 0 bridgehead atoms. The molecule has 0 aliphatic heterocycles. The van der Waals surface area contributed by atoms with Gasteiger partial charge in [0.15, 0.2) is 4.34 Å². The van der Waals surface area contributed by atoms with Crippen LogP contribution >= 0.6 is 23.1 Å². The molecule has 0 spiro atoms. The first-order chi connectivity index (χ1) is 13.6. The third kappa shape index (κ3) is 6.11. The number of nitrogens with zero attached hydrogens (tertiary/aromatic N) is 1. The van der Waals surface area contributed by atoms with E-state index in [1.807, 2.05) is 35.7 Å². The maximum atomic E-state index is 12.1. The van der Waals surface area contributed by atoms with Crippen molar-refractivity contribution in [3.05, 3.63) is 65.7 Å². The van der Waals surface area contributed by atoms with Crippen molar-refractivity contribution in [1.29, 1.82) is 0 Å². The van der Waals surface area contributed by atoms with Gasteiger partial charge in [0.1, 0.15) is 5.75 Å². The first-order valence-electron chi connectivity index (χ1n) is 8.48. The maximum absolute atomic E-state index is 12.1. The number of nitrogens with one attached hydrogen (secondary N) is 2. The SMILES string of the molecule is COc1ccc(NC(=O)CSc2nc(CC(=O)Nc3ccccc3)cs2)cc1. The number of methoxy groups -OCH3 is 1. The summed E-state index contributed by atoms with van der Waals surface area (Å²) in [7, 11) is 1.60. The fraction of sp³-hybridized carbons (Fsp3) is 0.150. The highest BCUT2D eigenvalue weighted by Crippen LogP contribution is 2.23. The quantitative estimate of drug-likeness (QED) is 0.544. The van der Waals surface area contributed by atoms with Gasteiger partial charge in [0.05, 0.1) is 25.0 Å². The van der Waals surface area contributed by atoms with Crippen molar-refractivity contribution in [3.8, 4) is 5.75 Å². The second-order valence-corrected chi connectivity index (χ2v) is 7.84. The summed E-state index contributed by atoms with van der Waals surface area (Å²) in [6.45, 7) is 0. The summed E-state index contributed by atoms with van der Waals surface area (Å²) >= 11 is 2.77. The van der Waals surface area contributed by atoms with E-state index in [0.29, 0.717) is 11.4 Å². The third-order valence-electron chi connectivity index (χ3n) is 3.63. The zero-order valence-electron chi connectivity index (χ0n) is 15.2. The number of hydrogen-bond acceptors (Lipinski definition) is 6. The molecule has 0 atom stereocenters. The maximum Gasteiger partial charge on any atom is 0.234 e. The van der Waals surface area contributed by atoms with Gasteiger partial charge in [0.25, 0.3) is 0 Å². The number of hydrogen-bond donors (Lipinski definition) is 2. The lowest BCUT2D eigenvalue weighted by molar-refractivity contribution is -0.116. The van der Waals surface area contributed by atoms with Crippen molar-refractivity contribution in [2.45, 2.75) is 10.8 Å². The van der Waals surface area contributed by atoms with Crippen LogP contribution < -0.4 is 15.4 Å². The van der Waals surface area contributed by atoms with Gasteiger partial charge in [-0.1, -0.05) is 30.0 Å².